The maximum Gasteiger partial charge on any atom is 0.245 e. The molecule has 68 valence electrons. The van der Waals surface area contributed by atoms with Gasteiger partial charge in [-0.1, -0.05) is 30.3 Å². The van der Waals surface area contributed by atoms with Crippen molar-refractivity contribution in [2.45, 2.75) is 12.7 Å². The molecule has 13 heavy (non-hydrogen) atoms. The molecule has 0 fully saturated rings. The van der Waals surface area contributed by atoms with Crippen LogP contribution in [-0.2, 0) is 15.9 Å². The number of rotatable bonds is 2. The maximum absolute atomic E-state index is 5.27. The molecule has 3 heteroatoms. The lowest BCUT2D eigenvalue weighted by Gasteiger charge is -2.10. The van der Waals surface area contributed by atoms with Gasteiger partial charge in [0.05, 0.1) is 0 Å². The second-order valence-electron chi connectivity index (χ2n) is 2.83. The van der Waals surface area contributed by atoms with E-state index in [-0.39, 0.29) is 6.29 Å². The van der Waals surface area contributed by atoms with Gasteiger partial charge in [-0.05, 0) is 5.56 Å². The summed E-state index contributed by atoms with van der Waals surface area (Å²) in [4.78, 5) is 0. The second-order valence-corrected chi connectivity index (χ2v) is 3.27. The monoisotopic (exact) mass is 194 g/mol. The van der Waals surface area contributed by atoms with Gasteiger partial charge in [0, 0.05) is 6.42 Å². The normalized spacial score (nSPS) is 20.4. The Kier molecular flexibility index (Phi) is 2.45. The Balaban J connectivity index is 1.94. The first-order chi connectivity index (χ1) is 6.34. The predicted molar refractivity (Wildman–Crippen MR) is 53.2 cm³/mol. The highest BCUT2D eigenvalue weighted by molar-refractivity contribution is 7.84. The lowest BCUT2D eigenvalue weighted by atomic mass is 10.1. The number of hydrogen-bond donors (Lipinski definition) is 1. The molecule has 0 saturated carbocycles. The van der Waals surface area contributed by atoms with Crippen LogP contribution in [0.1, 0.15) is 5.56 Å². The van der Waals surface area contributed by atoms with Gasteiger partial charge in [0.2, 0.25) is 6.29 Å². The summed E-state index contributed by atoms with van der Waals surface area (Å²) in [7, 11) is 0. The Hall–Kier alpha value is -1.09. The largest absolute Gasteiger partial charge is 0.458 e. The standard InChI is InChI=1S/C10H10O2S/c13-10-7-11-9(12-10)6-8-4-2-1-3-5-8/h1-5,7,9,13H,6H2. The van der Waals surface area contributed by atoms with Crippen molar-refractivity contribution < 1.29 is 9.47 Å². The van der Waals surface area contributed by atoms with E-state index in [0.29, 0.717) is 5.09 Å². The summed E-state index contributed by atoms with van der Waals surface area (Å²) in [6.07, 6.45) is 2.06. The van der Waals surface area contributed by atoms with Gasteiger partial charge in [-0.2, -0.15) is 0 Å². The number of ether oxygens (including phenoxy) is 2. The highest BCUT2D eigenvalue weighted by Crippen LogP contribution is 2.19. The lowest BCUT2D eigenvalue weighted by molar-refractivity contribution is -0.0234. The zero-order chi connectivity index (χ0) is 9.10. The molecule has 1 unspecified atom stereocenters. The summed E-state index contributed by atoms with van der Waals surface area (Å²) in [5, 5.41) is 0.543. The van der Waals surface area contributed by atoms with Crippen molar-refractivity contribution in [3.8, 4) is 0 Å². The quantitative estimate of drug-likeness (QED) is 0.728. The van der Waals surface area contributed by atoms with E-state index in [1.807, 2.05) is 30.3 Å². The third-order valence-corrected chi connectivity index (χ3v) is 2.03. The average Bonchev–Trinajstić information content (AvgIpc) is 2.53. The van der Waals surface area contributed by atoms with Crippen LogP contribution < -0.4 is 0 Å². The first-order valence-electron chi connectivity index (χ1n) is 4.10. The van der Waals surface area contributed by atoms with E-state index in [4.69, 9.17) is 9.47 Å². The van der Waals surface area contributed by atoms with Crippen molar-refractivity contribution in [3.05, 3.63) is 47.2 Å². The molecule has 2 rings (SSSR count). The topological polar surface area (TPSA) is 18.5 Å². The molecule has 0 amide bonds. The molecule has 1 heterocycles. The van der Waals surface area contributed by atoms with Gasteiger partial charge in [-0.25, -0.2) is 0 Å². The third kappa shape index (κ3) is 2.18. The van der Waals surface area contributed by atoms with Crippen molar-refractivity contribution in [1.82, 2.24) is 0 Å². The van der Waals surface area contributed by atoms with Gasteiger partial charge in [-0.15, -0.1) is 12.6 Å². The van der Waals surface area contributed by atoms with Crippen LogP contribution >= 0.6 is 12.6 Å². The molecule has 0 bridgehead atoms. The van der Waals surface area contributed by atoms with Crippen molar-refractivity contribution in [2.24, 2.45) is 0 Å². The fourth-order valence-corrected chi connectivity index (χ4v) is 1.40. The molecule has 0 N–H and O–H groups in total. The van der Waals surface area contributed by atoms with Crippen molar-refractivity contribution >= 4 is 12.6 Å². The summed E-state index contributed by atoms with van der Waals surface area (Å²) < 4.78 is 10.5. The van der Waals surface area contributed by atoms with Crippen LogP contribution in [0.4, 0.5) is 0 Å². The Labute approximate surface area is 82.6 Å². The van der Waals surface area contributed by atoms with E-state index in [1.165, 1.54) is 11.8 Å². The minimum Gasteiger partial charge on any atom is -0.458 e. The fraction of sp³-hybridized carbons (Fsp3) is 0.200. The van der Waals surface area contributed by atoms with Crippen molar-refractivity contribution in [1.29, 1.82) is 0 Å². The SMILES string of the molecule is SC1=COC(Cc2ccccc2)O1. The molecule has 1 aliphatic heterocycles. The highest BCUT2D eigenvalue weighted by Gasteiger charge is 2.17. The summed E-state index contributed by atoms with van der Waals surface area (Å²) in [6.45, 7) is 0. The molecule has 1 atom stereocenters. The van der Waals surface area contributed by atoms with Crippen molar-refractivity contribution in [2.75, 3.05) is 0 Å². The molecule has 0 saturated heterocycles. The molecule has 1 aliphatic rings. The Morgan fingerprint density at radius 3 is 2.62 bits per heavy atom. The first-order valence-corrected chi connectivity index (χ1v) is 4.54. The van der Waals surface area contributed by atoms with Crippen LogP contribution in [0.3, 0.4) is 0 Å². The van der Waals surface area contributed by atoms with E-state index in [9.17, 15) is 0 Å². The van der Waals surface area contributed by atoms with Crippen LogP contribution in [0.25, 0.3) is 0 Å². The predicted octanol–water partition coefficient (Wildman–Crippen LogP) is 2.33. The number of thiol groups is 1. The molecule has 1 aromatic rings. The van der Waals surface area contributed by atoms with Gasteiger partial charge in [0.25, 0.3) is 0 Å². The van der Waals surface area contributed by atoms with E-state index in [2.05, 4.69) is 12.6 Å². The molecule has 1 aromatic carbocycles. The fourth-order valence-electron chi connectivity index (χ4n) is 1.22. The van der Waals surface area contributed by atoms with Crippen LogP contribution in [0.5, 0.6) is 0 Å². The second kappa shape index (κ2) is 3.75. The van der Waals surface area contributed by atoms with Crippen LogP contribution in [-0.4, -0.2) is 6.29 Å². The average molecular weight is 194 g/mol. The zero-order valence-corrected chi connectivity index (χ0v) is 7.91. The number of benzene rings is 1. The summed E-state index contributed by atoms with van der Waals surface area (Å²) >= 11 is 4.03. The smallest absolute Gasteiger partial charge is 0.245 e. The Morgan fingerprint density at radius 2 is 2.00 bits per heavy atom. The van der Waals surface area contributed by atoms with Gasteiger partial charge < -0.3 is 9.47 Å². The molecule has 2 nitrogen and oxygen atoms in total. The van der Waals surface area contributed by atoms with Gasteiger partial charge in [-0.3, -0.25) is 0 Å². The van der Waals surface area contributed by atoms with Gasteiger partial charge >= 0.3 is 0 Å². The van der Waals surface area contributed by atoms with E-state index in [0.717, 1.165) is 6.42 Å². The number of hydrogen-bond acceptors (Lipinski definition) is 3. The molecular weight excluding hydrogens is 184 g/mol. The van der Waals surface area contributed by atoms with Crippen LogP contribution in [0, 0.1) is 0 Å². The third-order valence-electron chi connectivity index (χ3n) is 1.82. The van der Waals surface area contributed by atoms with Gasteiger partial charge in [0.15, 0.2) is 5.09 Å². The first kappa shape index (κ1) is 8.51. The van der Waals surface area contributed by atoms with E-state index < -0.39 is 0 Å². The molecular formula is C10H10O2S. The summed E-state index contributed by atoms with van der Waals surface area (Å²) in [5.74, 6) is 0. The van der Waals surface area contributed by atoms with Crippen LogP contribution in [0.2, 0.25) is 0 Å². The minimum absolute atomic E-state index is 0.213. The lowest BCUT2D eigenvalue weighted by Crippen LogP contribution is -2.11. The van der Waals surface area contributed by atoms with Crippen LogP contribution in [0.15, 0.2) is 41.7 Å². The highest BCUT2D eigenvalue weighted by atomic mass is 32.1. The van der Waals surface area contributed by atoms with E-state index in [1.54, 1.807) is 0 Å². The van der Waals surface area contributed by atoms with Gasteiger partial charge in [0.1, 0.15) is 6.26 Å². The Bertz CT molecular complexity index is 308. The maximum atomic E-state index is 5.27. The molecule has 0 spiro atoms. The minimum atomic E-state index is -0.213. The Morgan fingerprint density at radius 1 is 1.23 bits per heavy atom. The zero-order valence-electron chi connectivity index (χ0n) is 7.01. The van der Waals surface area contributed by atoms with E-state index >= 15 is 0 Å². The summed E-state index contributed by atoms with van der Waals surface area (Å²) in [5.41, 5.74) is 1.20. The van der Waals surface area contributed by atoms with Crippen molar-refractivity contribution in [3.63, 3.8) is 0 Å². The summed E-state index contributed by atoms with van der Waals surface area (Å²) in [6, 6.07) is 10.1. The molecule has 0 aromatic heterocycles. The molecule has 0 aliphatic carbocycles. The molecule has 0 radical (unpaired) electrons.